The average Bonchev–Trinajstić information content (AvgIpc) is 2.42. The van der Waals surface area contributed by atoms with E-state index in [2.05, 4.69) is 26.2 Å². The lowest BCUT2D eigenvalue weighted by Crippen LogP contribution is -2.12. The van der Waals surface area contributed by atoms with Crippen LogP contribution in [0.15, 0.2) is 53.1 Å². The van der Waals surface area contributed by atoms with Crippen molar-refractivity contribution in [2.24, 2.45) is 0 Å². The zero-order valence-corrected chi connectivity index (χ0v) is 12.8. The fourth-order valence-electron chi connectivity index (χ4n) is 1.61. The van der Waals surface area contributed by atoms with Crippen molar-refractivity contribution in [3.8, 4) is 0 Å². The second-order valence-electron chi connectivity index (χ2n) is 4.06. The summed E-state index contributed by atoms with van der Waals surface area (Å²) in [4.78, 5) is 4.20. The molecule has 1 atom stereocenters. The molecule has 0 fully saturated rings. The van der Waals surface area contributed by atoms with Crippen LogP contribution in [0.4, 0.5) is 5.82 Å². The van der Waals surface area contributed by atoms with Crippen molar-refractivity contribution in [1.82, 2.24) is 4.98 Å². The first-order chi connectivity index (χ1) is 9.24. The lowest BCUT2D eigenvalue weighted by molar-refractivity contribution is 0.682. The van der Waals surface area contributed by atoms with Gasteiger partial charge in [0.25, 0.3) is 0 Å². The Hall–Kier alpha value is -1.20. The maximum atomic E-state index is 11.9. The normalized spacial score (nSPS) is 12.1. The van der Waals surface area contributed by atoms with Gasteiger partial charge in [0.15, 0.2) is 0 Å². The van der Waals surface area contributed by atoms with E-state index in [4.69, 9.17) is 0 Å². The van der Waals surface area contributed by atoms with E-state index < -0.39 is 10.8 Å². The number of pyridine rings is 1. The molecular formula is C14H15BrN2OS. The monoisotopic (exact) mass is 338 g/mol. The van der Waals surface area contributed by atoms with Gasteiger partial charge in [0.2, 0.25) is 0 Å². The first-order valence-corrected chi connectivity index (χ1v) is 8.26. The zero-order chi connectivity index (χ0) is 13.5. The molecule has 0 amide bonds. The summed E-state index contributed by atoms with van der Waals surface area (Å²) in [6.07, 6.45) is 1.74. The fraction of sp³-hybridized carbons (Fsp3) is 0.214. The average molecular weight is 339 g/mol. The molecule has 1 heterocycles. The Morgan fingerprint density at radius 3 is 2.63 bits per heavy atom. The predicted octanol–water partition coefficient (Wildman–Crippen LogP) is 3.20. The van der Waals surface area contributed by atoms with Gasteiger partial charge in [-0.1, -0.05) is 30.3 Å². The Balaban J connectivity index is 1.74. The van der Waals surface area contributed by atoms with Crippen LogP contribution in [-0.4, -0.2) is 21.5 Å². The molecule has 1 aromatic heterocycles. The number of rotatable bonds is 6. The van der Waals surface area contributed by atoms with E-state index in [1.807, 2.05) is 42.5 Å². The molecule has 0 bridgehead atoms. The topological polar surface area (TPSA) is 42.0 Å². The quantitative estimate of drug-likeness (QED) is 0.879. The smallest absolute Gasteiger partial charge is 0.125 e. The van der Waals surface area contributed by atoms with Gasteiger partial charge in [-0.05, 0) is 33.6 Å². The van der Waals surface area contributed by atoms with E-state index in [0.29, 0.717) is 18.1 Å². The third-order valence-corrected chi connectivity index (χ3v) is 4.32. The van der Waals surface area contributed by atoms with Gasteiger partial charge < -0.3 is 5.32 Å². The van der Waals surface area contributed by atoms with Gasteiger partial charge in [-0.15, -0.1) is 0 Å². The minimum atomic E-state index is -0.849. The van der Waals surface area contributed by atoms with Crippen LogP contribution in [0.25, 0.3) is 0 Å². The second-order valence-corrected chi connectivity index (χ2v) is 6.55. The van der Waals surface area contributed by atoms with E-state index in [1.165, 1.54) is 0 Å². The molecule has 0 aliphatic carbocycles. The van der Waals surface area contributed by atoms with Crippen LogP contribution in [0.1, 0.15) is 5.56 Å². The highest BCUT2D eigenvalue weighted by Crippen LogP contribution is 2.10. The number of nitrogens with zero attached hydrogens (tertiary/aromatic N) is 1. The highest BCUT2D eigenvalue weighted by Gasteiger charge is 2.01. The Bertz CT molecular complexity index is 531. The van der Waals surface area contributed by atoms with Crippen molar-refractivity contribution in [2.45, 2.75) is 5.75 Å². The molecule has 19 heavy (non-hydrogen) atoms. The van der Waals surface area contributed by atoms with Gasteiger partial charge in [0, 0.05) is 39.5 Å². The summed E-state index contributed by atoms with van der Waals surface area (Å²) in [5, 5.41) is 3.16. The van der Waals surface area contributed by atoms with E-state index in [1.54, 1.807) is 6.20 Å². The lowest BCUT2D eigenvalue weighted by atomic mass is 10.2. The second kappa shape index (κ2) is 7.40. The number of halogens is 1. The van der Waals surface area contributed by atoms with Gasteiger partial charge in [-0.3, -0.25) is 4.21 Å². The minimum Gasteiger partial charge on any atom is -0.369 e. The Labute approximate surface area is 124 Å². The van der Waals surface area contributed by atoms with Crippen molar-refractivity contribution >= 4 is 32.5 Å². The molecule has 0 aliphatic rings. The first kappa shape index (κ1) is 14.2. The van der Waals surface area contributed by atoms with Crippen LogP contribution in [0.2, 0.25) is 0 Å². The van der Waals surface area contributed by atoms with Gasteiger partial charge in [-0.2, -0.15) is 0 Å². The van der Waals surface area contributed by atoms with Crippen LogP contribution in [0, 0.1) is 0 Å². The first-order valence-electron chi connectivity index (χ1n) is 5.98. The number of aromatic nitrogens is 1. The maximum Gasteiger partial charge on any atom is 0.125 e. The van der Waals surface area contributed by atoms with E-state index >= 15 is 0 Å². The number of anilines is 1. The highest BCUT2D eigenvalue weighted by molar-refractivity contribution is 9.10. The van der Waals surface area contributed by atoms with Crippen molar-refractivity contribution in [1.29, 1.82) is 0 Å². The Morgan fingerprint density at radius 1 is 1.16 bits per heavy atom. The molecule has 0 radical (unpaired) electrons. The van der Waals surface area contributed by atoms with Gasteiger partial charge in [-0.25, -0.2) is 4.98 Å². The largest absolute Gasteiger partial charge is 0.369 e. The number of nitrogens with one attached hydrogen (secondary N) is 1. The van der Waals surface area contributed by atoms with Crippen LogP contribution in [0.5, 0.6) is 0 Å². The summed E-state index contributed by atoms with van der Waals surface area (Å²) in [5.41, 5.74) is 1.11. The van der Waals surface area contributed by atoms with Crippen LogP contribution in [0.3, 0.4) is 0 Å². The zero-order valence-electron chi connectivity index (χ0n) is 10.4. The summed E-state index contributed by atoms with van der Waals surface area (Å²) in [6, 6.07) is 13.7. The standard InChI is InChI=1S/C14H15BrN2OS/c15-13-6-7-14(17-10-13)16-8-9-19(18)11-12-4-2-1-3-5-12/h1-7,10H,8-9,11H2,(H,16,17). The highest BCUT2D eigenvalue weighted by atomic mass is 79.9. The summed E-state index contributed by atoms with van der Waals surface area (Å²) in [6.45, 7) is 0.661. The molecule has 5 heteroatoms. The van der Waals surface area contributed by atoms with Crippen LogP contribution < -0.4 is 5.32 Å². The van der Waals surface area contributed by atoms with Crippen molar-refractivity contribution < 1.29 is 4.21 Å². The minimum absolute atomic E-state index is 0.607. The molecule has 0 saturated heterocycles. The molecular weight excluding hydrogens is 324 g/mol. The van der Waals surface area contributed by atoms with Gasteiger partial charge in [0.05, 0.1) is 0 Å². The molecule has 1 N–H and O–H groups in total. The maximum absolute atomic E-state index is 11.9. The summed E-state index contributed by atoms with van der Waals surface area (Å²) in [5.74, 6) is 2.03. The number of hydrogen-bond donors (Lipinski definition) is 1. The Kier molecular flexibility index (Phi) is 5.54. The summed E-state index contributed by atoms with van der Waals surface area (Å²) < 4.78 is 12.8. The Morgan fingerprint density at radius 2 is 1.95 bits per heavy atom. The van der Waals surface area contributed by atoms with Crippen LogP contribution >= 0.6 is 15.9 Å². The summed E-state index contributed by atoms with van der Waals surface area (Å²) in [7, 11) is -0.849. The molecule has 1 aromatic carbocycles. The third kappa shape index (κ3) is 5.12. The number of hydrogen-bond acceptors (Lipinski definition) is 3. The summed E-state index contributed by atoms with van der Waals surface area (Å²) >= 11 is 3.34. The SMILES string of the molecule is O=S(CCNc1ccc(Br)cn1)Cc1ccccc1. The van der Waals surface area contributed by atoms with E-state index in [0.717, 1.165) is 15.9 Å². The fourth-order valence-corrected chi connectivity index (χ4v) is 2.88. The molecule has 2 aromatic rings. The van der Waals surface area contributed by atoms with Crippen LogP contribution in [-0.2, 0) is 16.6 Å². The molecule has 0 aliphatic heterocycles. The molecule has 0 saturated carbocycles. The van der Waals surface area contributed by atoms with Gasteiger partial charge in [0.1, 0.15) is 5.82 Å². The van der Waals surface area contributed by atoms with Crippen molar-refractivity contribution in [2.75, 3.05) is 17.6 Å². The van der Waals surface area contributed by atoms with Crippen molar-refractivity contribution in [3.63, 3.8) is 0 Å². The molecule has 2 rings (SSSR count). The predicted molar refractivity (Wildman–Crippen MR) is 83.6 cm³/mol. The molecule has 3 nitrogen and oxygen atoms in total. The van der Waals surface area contributed by atoms with Gasteiger partial charge >= 0.3 is 0 Å². The molecule has 100 valence electrons. The molecule has 1 unspecified atom stereocenters. The molecule has 0 spiro atoms. The van der Waals surface area contributed by atoms with E-state index in [9.17, 15) is 4.21 Å². The van der Waals surface area contributed by atoms with E-state index in [-0.39, 0.29) is 0 Å². The lowest BCUT2D eigenvalue weighted by Gasteiger charge is -2.06. The van der Waals surface area contributed by atoms with Crippen molar-refractivity contribution in [3.05, 3.63) is 58.7 Å². The number of benzene rings is 1. The third-order valence-electron chi connectivity index (χ3n) is 2.53.